The first kappa shape index (κ1) is 26.1. The molecule has 0 unspecified atom stereocenters. The summed E-state index contributed by atoms with van der Waals surface area (Å²) < 4.78 is 0. The van der Waals surface area contributed by atoms with Crippen LogP contribution in [0.4, 0.5) is 5.69 Å². The number of carbonyl (C=O) groups excluding carboxylic acids is 1. The van der Waals surface area contributed by atoms with Gasteiger partial charge in [0, 0.05) is 6.08 Å². The van der Waals surface area contributed by atoms with Gasteiger partial charge < -0.3 is 15.3 Å². The summed E-state index contributed by atoms with van der Waals surface area (Å²) in [5.74, 6) is -3.74. The molecule has 5 N–H and O–H groups in total. The molecule has 13 heteroatoms. The molecular formula is C26H18N5O8+. The number of carboxylic acids is 2. The van der Waals surface area contributed by atoms with Crippen molar-refractivity contribution in [1.82, 2.24) is 0 Å². The predicted octanol–water partition coefficient (Wildman–Crippen LogP) is 3.23. The molecule has 0 spiro atoms. The van der Waals surface area contributed by atoms with Crippen molar-refractivity contribution < 1.29 is 45.0 Å². The normalized spacial score (nSPS) is 17.6. The maximum atomic E-state index is 11.6. The molecule has 3 aliphatic carbocycles. The largest absolute Gasteiger partial charge is 0.507 e. The van der Waals surface area contributed by atoms with Gasteiger partial charge in [-0.2, -0.15) is 20.4 Å². The summed E-state index contributed by atoms with van der Waals surface area (Å²) in [5, 5.41) is 63.2. The number of allylic oxidation sites excluding steroid dienone is 12. The minimum Gasteiger partial charge on any atom is -0.507 e. The summed E-state index contributed by atoms with van der Waals surface area (Å²) >= 11 is 0. The molecule has 0 aliphatic heterocycles. The first-order valence-corrected chi connectivity index (χ1v) is 11.0. The molecular weight excluding hydrogens is 510 g/mol. The third kappa shape index (κ3) is 6.06. The van der Waals surface area contributed by atoms with Crippen molar-refractivity contribution in [1.29, 1.82) is 0 Å². The standard InChI is InChI=1S/C26H17N5O8/c32-23-9-6-16(11-20(23)25(34)35)28-27-15-3-1-14(2-4-15)19-8-5-18(13-22(19)31(38)39)30-29-17-7-10-24(33)21(12-17)26(36)37/h1-13,38-39H,(H2,34,35,36,37)/p+1. The van der Waals surface area contributed by atoms with Crippen molar-refractivity contribution >= 4 is 40.5 Å². The SMILES string of the molecule is O=C(O)C1=CC(=NN=C2C=CC(=C3C=CC(N=Nc4ccc(O)c(C(=O)O)c4)=CC3=[N+](O)O)C=C2)C=CC1=O. The summed E-state index contributed by atoms with van der Waals surface area (Å²) in [4.78, 5) is 33.8. The number of aliphatic carboxylic acids is 1. The molecule has 0 saturated carbocycles. The number of phenols is 1. The van der Waals surface area contributed by atoms with Gasteiger partial charge in [-0.25, -0.2) is 20.0 Å². The lowest BCUT2D eigenvalue weighted by Crippen LogP contribution is -2.17. The number of hydrogen-bond acceptors (Lipinski definition) is 10. The fraction of sp³-hybridized carbons (Fsp3) is 0. The molecule has 0 saturated heterocycles. The third-order valence-corrected chi connectivity index (χ3v) is 5.34. The molecule has 39 heavy (non-hydrogen) atoms. The number of rotatable bonds is 5. The Bertz CT molecular complexity index is 1620. The Morgan fingerprint density at radius 2 is 1.46 bits per heavy atom. The smallest absolute Gasteiger partial charge is 0.339 e. The average Bonchev–Trinajstić information content (AvgIpc) is 2.92. The summed E-state index contributed by atoms with van der Waals surface area (Å²) in [7, 11) is 0. The van der Waals surface area contributed by atoms with Crippen LogP contribution < -0.4 is 0 Å². The fourth-order valence-corrected chi connectivity index (χ4v) is 3.44. The third-order valence-electron chi connectivity index (χ3n) is 5.34. The molecule has 0 radical (unpaired) electrons. The Morgan fingerprint density at radius 1 is 0.769 bits per heavy atom. The van der Waals surface area contributed by atoms with Gasteiger partial charge in [-0.15, -0.1) is 0 Å². The lowest BCUT2D eigenvalue weighted by atomic mass is 9.95. The van der Waals surface area contributed by atoms with Gasteiger partial charge in [-0.1, -0.05) is 12.2 Å². The zero-order chi connectivity index (χ0) is 28.1. The molecule has 1 aromatic rings. The first-order chi connectivity index (χ1) is 18.6. The van der Waals surface area contributed by atoms with Gasteiger partial charge in [-0.05, 0) is 66.3 Å². The van der Waals surface area contributed by atoms with Crippen LogP contribution in [0, 0.1) is 0 Å². The van der Waals surface area contributed by atoms with E-state index in [1.54, 1.807) is 36.5 Å². The Labute approximate surface area is 219 Å². The number of carboxylic acid groups (broad SMARTS) is 2. The summed E-state index contributed by atoms with van der Waals surface area (Å²) in [6.07, 6.45) is 14.5. The second-order valence-electron chi connectivity index (χ2n) is 7.93. The number of benzene rings is 1. The quantitative estimate of drug-likeness (QED) is 0.126. The maximum Gasteiger partial charge on any atom is 0.339 e. The molecule has 194 valence electrons. The highest BCUT2D eigenvalue weighted by atomic mass is 16.8. The number of nitrogens with zero attached hydrogens (tertiary/aromatic N) is 5. The van der Waals surface area contributed by atoms with Crippen LogP contribution in [0.15, 0.2) is 122 Å². The molecule has 0 amide bonds. The molecule has 1 aromatic carbocycles. The summed E-state index contributed by atoms with van der Waals surface area (Å²) in [5.41, 5.74) is 1.19. The number of azo groups is 1. The lowest BCUT2D eigenvalue weighted by molar-refractivity contribution is -0.954. The highest BCUT2D eigenvalue weighted by molar-refractivity contribution is 6.29. The molecule has 3 aliphatic rings. The lowest BCUT2D eigenvalue weighted by Gasteiger charge is -2.09. The van der Waals surface area contributed by atoms with Crippen molar-refractivity contribution in [3.63, 3.8) is 0 Å². The molecule has 0 bridgehead atoms. The van der Waals surface area contributed by atoms with Crippen LogP contribution in [0.5, 0.6) is 5.75 Å². The van der Waals surface area contributed by atoms with E-state index in [-0.39, 0.29) is 33.3 Å². The Kier molecular flexibility index (Phi) is 7.33. The van der Waals surface area contributed by atoms with E-state index in [0.717, 1.165) is 18.2 Å². The van der Waals surface area contributed by atoms with Crippen molar-refractivity contribution in [2.75, 3.05) is 0 Å². The monoisotopic (exact) mass is 528 g/mol. The van der Waals surface area contributed by atoms with Crippen LogP contribution in [0.2, 0.25) is 0 Å². The number of hydrogen-bond donors (Lipinski definition) is 5. The van der Waals surface area contributed by atoms with Gasteiger partial charge in [0.05, 0.1) is 28.4 Å². The molecule has 0 heterocycles. The minimum absolute atomic E-state index is 0.0309. The average molecular weight is 528 g/mol. The Balaban J connectivity index is 1.54. The Morgan fingerprint density at radius 3 is 2.13 bits per heavy atom. The van der Waals surface area contributed by atoms with E-state index in [2.05, 4.69) is 20.4 Å². The summed E-state index contributed by atoms with van der Waals surface area (Å²) in [6.45, 7) is 0. The van der Waals surface area contributed by atoms with Crippen molar-refractivity contribution in [3.05, 3.63) is 107 Å². The minimum atomic E-state index is -1.36. The fourth-order valence-electron chi connectivity index (χ4n) is 3.44. The number of carbonyl (C=O) groups is 3. The van der Waals surface area contributed by atoms with E-state index in [0.29, 0.717) is 16.9 Å². The van der Waals surface area contributed by atoms with Gasteiger partial charge in [0.15, 0.2) is 5.78 Å². The topological polar surface area (TPSA) is 205 Å². The molecule has 13 nitrogen and oxygen atoms in total. The van der Waals surface area contributed by atoms with Gasteiger partial charge in [-0.3, -0.25) is 4.79 Å². The number of aromatic hydroxyl groups is 1. The molecule has 0 fully saturated rings. The van der Waals surface area contributed by atoms with Crippen molar-refractivity contribution in [3.8, 4) is 5.75 Å². The van der Waals surface area contributed by atoms with Gasteiger partial charge in [0.2, 0.25) is 4.90 Å². The van der Waals surface area contributed by atoms with Crippen molar-refractivity contribution in [2.24, 2.45) is 20.4 Å². The maximum absolute atomic E-state index is 11.6. The molecule has 4 rings (SSSR count). The van der Waals surface area contributed by atoms with Gasteiger partial charge in [0.25, 0.3) is 0 Å². The van der Waals surface area contributed by atoms with E-state index in [9.17, 15) is 29.9 Å². The van der Waals surface area contributed by atoms with E-state index in [4.69, 9.17) is 10.2 Å². The van der Waals surface area contributed by atoms with Crippen LogP contribution in [-0.2, 0) is 9.59 Å². The van der Waals surface area contributed by atoms with Crippen molar-refractivity contribution in [2.45, 2.75) is 0 Å². The summed E-state index contributed by atoms with van der Waals surface area (Å²) in [6, 6.07) is 3.69. The first-order valence-electron chi connectivity index (χ1n) is 11.0. The Hall–Kier alpha value is -5.98. The molecule has 0 atom stereocenters. The van der Waals surface area contributed by atoms with E-state index in [1.807, 2.05) is 0 Å². The number of aromatic carboxylic acids is 1. The van der Waals surface area contributed by atoms with E-state index >= 15 is 0 Å². The van der Waals surface area contributed by atoms with Crippen LogP contribution in [0.25, 0.3) is 0 Å². The van der Waals surface area contributed by atoms with Crippen LogP contribution >= 0.6 is 0 Å². The second-order valence-corrected chi connectivity index (χ2v) is 7.93. The van der Waals surface area contributed by atoms with Crippen LogP contribution in [0.3, 0.4) is 0 Å². The number of ketones is 1. The highest BCUT2D eigenvalue weighted by Crippen LogP contribution is 2.26. The van der Waals surface area contributed by atoms with Gasteiger partial charge >= 0.3 is 17.7 Å². The predicted molar refractivity (Wildman–Crippen MR) is 136 cm³/mol. The zero-order valence-electron chi connectivity index (χ0n) is 19.7. The van der Waals surface area contributed by atoms with Gasteiger partial charge in [0.1, 0.15) is 16.9 Å². The van der Waals surface area contributed by atoms with E-state index in [1.165, 1.54) is 24.3 Å². The van der Waals surface area contributed by atoms with Crippen LogP contribution in [-0.4, -0.2) is 65.5 Å². The highest BCUT2D eigenvalue weighted by Gasteiger charge is 2.24. The zero-order valence-corrected chi connectivity index (χ0v) is 19.7. The van der Waals surface area contributed by atoms with E-state index < -0.39 is 29.0 Å². The van der Waals surface area contributed by atoms with Crippen LogP contribution in [0.1, 0.15) is 10.4 Å². The second kappa shape index (κ2) is 11.0. The molecule has 0 aromatic heterocycles.